The summed E-state index contributed by atoms with van der Waals surface area (Å²) < 4.78 is 18.4. The number of amides is 1. The summed E-state index contributed by atoms with van der Waals surface area (Å²) in [5.41, 5.74) is 1.52. The molecule has 4 N–H and O–H groups in total. The maximum absolute atomic E-state index is 12.2. The lowest BCUT2D eigenvalue weighted by molar-refractivity contribution is -0.183. The van der Waals surface area contributed by atoms with E-state index in [0.29, 0.717) is 40.9 Å². The Balaban J connectivity index is 1.69. The van der Waals surface area contributed by atoms with Crippen LogP contribution in [0, 0.1) is 0 Å². The Morgan fingerprint density at radius 1 is 1.30 bits per heavy atom. The molecule has 1 aromatic carbocycles. The Bertz CT molecular complexity index is 957. The molecule has 30 heavy (non-hydrogen) atoms. The van der Waals surface area contributed by atoms with Crippen LogP contribution in [0.1, 0.15) is 56.4 Å². The van der Waals surface area contributed by atoms with Crippen molar-refractivity contribution in [3.8, 4) is 5.75 Å². The molecule has 164 valence electrons. The fourth-order valence-corrected chi connectivity index (χ4v) is 4.16. The fourth-order valence-electron chi connectivity index (χ4n) is 4.16. The number of aromatic nitrogens is 1. The van der Waals surface area contributed by atoms with Gasteiger partial charge in [-0.05, 0) is 39.3 Å². The Kier molecular flexibility index (Phi) is 5.39. The molecule has 2 aliphatic heterocycles. The van der Waals surface area contributed by atoms with Crippen molar-refractivity contribution in [2.45, 2.75) is 64.4 Å². The predicted octanol–water partition coefficient (Wildman–Crippen LogP) is 2.22. The molecule has 0 bridgehead atoms. The van der Waals surface area contributed by atoms with Crippen LogP contribution in [0.4, 0.5) is 4.79 Å². The second kappa shape index (κ2) is 7.73. The summed E-state index contributed by atoms with van der Waals surface area (Å²) in [7, 11) is 0. The summed E-state index contributed by atoms with van der Waals surface area (Å²) in [4.78, 5) is 12.2. The minimum Gasteiger partial charge on any atom is -0.507 e. The quantitative estimate of drug-likeness (QED) is 0.600. The highest BCUT2D eigenvalue weighted by Crippen LogP contribution is 2.42. The first kappa shape index (κ1) is 20.9. The average molecular weight is 420 g/mol. The molecule has 0 saturated carbocycles. The average Bonchev–Trinajstić information content (AvgIpc) is 3.16. The Morgan fingerprint density at radius 3 is 2.63 bits per heavy atom. The molecule has 1 fully saturated rings. The van der Waals surface area contributed by atoms with Gasteiger partial charge in [-0.15, -0.1) is 0 Å². The maximum Gasteiger partial charge on any atom is 0.408 e. The summed E-state index contributed by atoms with van der Waals surface area (Å²) in [5.74, 6) is -0.0184. The van der Waals surface area contributed by atoms with E-state index < -0.39 is 30.1 Å². The third-order valence-corrected chi connectivity index (χ3v) is 5.31. The number of ether oxygens (including phenoxy) is 3. The number of rotatable bonds is 3. The number of carbonyl (C=O) groups is 1. The molecular formula is C21H28N2O7. The number of benzene rings is 1. The van der Waals surface area contributed by atoms with Crippen molar-refractivity contribution in [1.82, 2.24) is 9.88 Å². The number of hydrogen-bond donors (Lipinski definition) is 4. The normalized spacial score (nSPS) is 22.3. The third kappa shape index (κ3) is 3.74. The summed E-state index contributed by atoms with van der Waals surface area (Å²) >= 11 is 0. The number of carbonyl (C=O) groups excluding carboxylic acids is 1. The molecule has 2 atom stereocenters. The number of nitrogens with zero attached hydrogens (tertiary/aromatic N) is 1. The molecule has 2 aromatic rings. The number of aromatic hydroxyl groups is 1. The van der Waals surface area contributed by atoms with Crippen molar-refractivity contribution in [2.24, 2.45) is 0 Å². The highest BCUT2D eigenvalue weighted by molar-refractivity contribution is 5.92. The number of phenolic OH excluding ortho intramolecular Hbond substituents is 1. The van der Waals surface area contributed by atoms with Crippen molar-refractivity contribution in [2.75, 3.05) is 13.2 Å². The molecule has 0 radical (unpaired) electrons. The zero-order valence-corrected chi connectivity index (χ0v) is 17.3. The molecule has 0 aliphatic carbocycles. The van der Waals surface area contributed by atoms with Gasteiger partial charge in [0.15, 0.2) is 6.29 Å². The van der Waals surface area contributed by atoms with Gasteiger partial charge in [0.2, 0.25) is 0 Å². The minimum atomic E-state index is -1.06. The molecular weight excluding hydrogens is 392 g/mol. The standard InChI is InChI=1S/C21H28N2O7/c1-21(2,3)30-20(27)22-13-9-23-14-7-11(19-28-5-4-6-29-19)8-15(25)16(14)12(10-24)17(23)18(13)26/h7-8,13,18-19,24-26H,4-6,9-10H2,1-3H3,(H,22,27)/t13-,18-/m0/s1. The molecule has 0 spiro atoms. The van der Waals surface area contributed by atoms with Crippen molar-refractivity contribution in [1.29, 1.82) is 0 Å². The van der Waals surface area contributed by atoms with Crippen LogP contribution in [0.15, 0.2) is 12.1 Å². The number of aliphatic hydroxyl groups excluding tert-OH is 2. The minimum absolute atomic E-state index is 0.0184. The lowest BCUT2D eigenvalue weighted by atomic mass is 10.0. The van der Waals surface area contributed by atoms with E-state index >= 15 is 0 Å². The van der Waals surface area contributed by atoms with E-state index in [1.807, 2.05) is 6.07 Å². The van der Waals surface area contributed by atoms with E-state index in [-0.39, 0.29) is 18.9 Å². The molecule has 9 heteroatoms. The van der Waals surface area contributed by atoms with Gasteiger partial charge < -0.3 is 39.4 Å². The molecule has 1 saturated heterocycles. The van der Waals surface area contributed by atoms with Gasteiger partial charge in [0.1, 0.15) is 17.5 Å². The number of fused-ring (bicyclic) bond motifs is 3. The van der Waals surface area contributed by atoms with Crippen molar-refractivity contribution in [3.05, 3.63) is 29.0 Å². The number of phenols is 1. The summed E-state index contributed by atoms with van der Waals surface area (Å²) in [5, 5.41) is 34.7. The fraction of sp³-hybridized carbons (Fsp3) is 0.571. The number of nitrogens with one attached hydrogen (secondary N) is 1. The van der Waals surface area contributed by atoms with Gasteiger partial charge in [0.25, 0.3) is 0 Å². The van der Waals surface area contributed by atoms with E-state index in [2.05, 4.69) is 5.32 Å². The topological polar surface area (TPSA) is 122 Å². The molecule has 2 aliphatic rings. The van der Waals surface area contributed by atoms with Crippen LogP contribution < -0.4 is 5.32 Å². The zero-order valence-electron chi connectivity index (χ0n) is 17.3. The molecule has 1 amide bonds. The Hall–Kier alpha value is -2.33. The maximum atomic E-state index is 12.2. The van der Waals surface area contributed by atoms with Gasteiger partial charge in [-0.1, -0.05) is 0 Å². The largest absolute Gasteiger partial charge is 0.507 e. The van der Waals surface area contributed by atoms with Gasteiger partial charge in [0, 0.05) is 23.1 Å². The second-order valence-corrected chi connectivity index (χ2v) is 8.69. The van der Waals surface area contributed by atoms with Gasteiger partial charge in [0.05, 0.1) is 37.1 Å². The van der Waals surface area contributed by atoms with Crippen LogP contribution in [-0.4, -0.2) is 50.8 Å². The van der Waals surface area contributed by atoms with Crippen molar-refractivity contribution in [3.63, 3.8) is 0 Å². The molecule has 3 heterocycles. The van der Waals surface area contributed by atoms with Crippen LogP contribution in [0.25, 0.3) is 10.9 Å². The Morgan fingerprint density at radius 2 is 2.00 bits per heavy atom. The van der Waals surface area contributed by atoms with Crippen molar-refractivity contribution >= 4 is 17.0 Å². The van der Waals surface area contributed by atoms with Crippen molar-refractivity contribution < 1.29 is 34.3 Å². The van der Waals surface area contributed by atoms with Crippen LogP contribution in [0.2, 0.25) is 0 Å². The van der Waals surface area contributed by atoms with Crippen LogP contribution >= 0.6 is 0 Å². The van der Waals surface area contributed by atoms with Crippen LogP contribution in [0.5, 0.6) is 5.75 Å². The zero-order chi connectivity index (χ0) is 21.6. The third-order valence-electron chi connectivity index (χ3n) is 5.31. The molecule has 9 nitrogen and oxygen atoms in total. The predicted molar refractivity (Wildman–Crippen MR) is 107 cm³/mol. The molecule has 0 unspecified atom stereocenters. The van der Waals surface area contributed by atoms with Gasteiger partial charge in [-0.3, -0.25) is 0 Å². The first-order chi connectivity index (χ1) is 14.2. The lowest BCUT2D eigenvalue weighted by Gasteiger charge is -2.24. The number of alkyl carbamates (subject to hydrolysis) is 1. The number of aliphatic hydroxyl groups is 2. The van der Waals surface area contributed by atoms with Gasteiger partial charge in [-0.2, -0.15) is 0 Å². The van der Waals surface area contributed by atoms with E-state index in [4.69, 9.17) is 14.2 Å². The summed E-state index contributed by atoms with van der Waals surface area (Å²) in [6, 6.07) is 2.77. The highest BCUT2D eigenvalue weighted by atomic mass is 16.7. The van der Waals surface area contributed by atoms with E-state index in [0.717, 1.165) is 6.42 Å². The summed E-state index contributed by atoms with van der Waals surface area (Å²) in [6.07, 6.45) is -1.46. The van der Waals surface area contributed by atoms with Gasteiger partial charge in [-0.25, -0.2) is 4.79 Å². The van der Waals surface area contributed by atoms with Crippen LogP contribution in [0.3, 0.4) is 0 Å². The first-order valence-electron chi connectivity index (χ1n) is 10.1. The monoisotopic (exact) mass is 420 g/mol. The van der Waals surface area contributed by atoms with E-state index in [1.54, 1.807) is 31.4 Å². The summed E-state index contributed by atoms with van der Waals surface area (Å²) in [6.45, 7) is 6.32. The second-order valence-electron chi connectivity index (χ2n) is 8.69. The number of hydrogen-bond acceptors (Lipinski definition) is 7. The Labute approximate surface area is 174 Å². The SMILES string of the molecule is CC(C)(C)OC(=O)N[C@H]1Cn2c(c(CO)c3c(O)cc(C4OCCCO4)cc32)[C@H]1O. The smallest absolute Gasteiger partial charge is 0.408 e. The van der Waals surface area contributed by atoms with Crippen LogP contribution in [-0.2, 0) is 27.4 Å². The lowest BCUT2D eigenvalue weighted by Crippen LogP contribution is -2.41. The molecule has 1 aromatic heterocycles. The van der Waals surface area contributed by atoms with E-state index in [9.17, 15) is 20.1 Å². The first-order valence-corrected chi connectivity index (χ1v) is 10.1. The highest BCUT2D eigenvalue weighted by Gasteiger charge is 2.38. The molecule has 4 rings (SSSR count). The van der Waals surface area contributed by atoms with E-state index in [1.165, 1.54) is 0 Å². The van der Waals surface area contributed by atoms with Gasteiger partial charge >= 0.3 is 6.09 Å².